The van der Waals surface area contributed by atoms with Crippen molar-refractivity contribution in [2.75, 3.05) is 20.7 Å². The number of methoxy groups -OCH3 is 1. The van der Waals surface area contributed by atoms with Crippen LogP contribution in [0.5, 0.6) is 0 Å². The summed E-state index contributed by atoms with van der Waals surface area (Å²) in [4.78, 5) is 13.2. The number of esters is 1. The maximum atomic E-state index is 12.9. The molecular formula is C17H22FNO2. The number of ether oxygens (including phenoxy) is 1. The highest BCUT2D eigenvalue weighted by atomic mass is 19.1. The molecule has 0 amide bonds. The van der Waals surface area contributed by atoms with Crippen LogP contribution in [0.2, 0.25) is 0 Å². The Hall–Kier alpha value is -2.10. The van der Waals surface area contributed by atoms with Crippen LogP contribution in [0.15, 0.2) is 42.6 Å². The second-order valence-electron chi connectivity index (χ2n) is 5.19. The first kappa shape index (κ1) is 17.0. The topological polar surface area (TPSA) is 29.5 Å². The van der Waals surface area contributed by atoms with E-state index >= 15 is 0 Å². The highest BCUT2D eigenvalue weighted by Gasteiger charge is 2.13. The van der Waals surface area contributed by atoms with Crippen molar-refractivity contribution >= 4 is 11.5 Å². The van der Waals surface area contributed by atoms with Crippen molar-refractivity contribution in [3.05, 3.63) is 54.0 Å². The van der Waals surface area contributed by atoms with Crippen LogP contribution in [0, 0.1) is 11.7 Å². The summed E-state index contributed by atoms with van der Waals surface area (Å²) < 4.78 is 17.6. The van der Waals surface area contributed by atoms with Gasteiger partial charge in [-0.15, -0.1) is 0 Å². The molecule has 0 aliphatic rings. The molecule has 0 aliphatic heterocycles. The van der Waals surface area contributed by atoms with Crippen molar-refractivity contribution in [2.45, 2.75) is 13.8 Å². The summed E-state index contributed by atoms with van der Waals surface area (Å²) in [7, 11) is 3.20. The normalized spacial score (nSPS) is 11.4. The summed E-state index contributed by atoms with van der Waals surface area (Å²) in [6, 6.07) is 6.18. The van der Waals surface area contributed by atoms with E-state index in [4.69, 9.17) is 0 Å². The number of carbonyl (C=O) groups is 1. The van der Waals surface area contributed by atoms with Crippen LogP contribution in [-0.4, -0.2) is 31.6 Å². The number of rotatable bonds is 6. The molecule has 3 nitrogen and oxygen atoms in total. The third kappa shape index (κ3) is 5.06. The number of nitrogens with zero attached hydrogens (tertiary/aromatic N) is 1. The number of benzene rings is 1. The fourth-order valence-corrected chi connectivity index (χ4v) is 1.99. The molecule has 0 heterocycles. The summed E-state index contributed by atoms with van der Waals surface area (Å²) in [6.07, 6.45) is 1.92. The van der Waals surface area contributed by atoms with Gasteiger partial charge in [-0.1, -0.05) is 32.6 Å². The third-order valence-electron chi connectivity index (χ3n) is 3.16. The maximum Gasteiger partial charge on any atom is 0.325 e. The Balaban J connectivity index is 2.96. The first-order valence-corrected chi connectivity index (χ1v) is 6.79. The summed E-state index contributed by atoms with van der Waals surface area (Å²) in [6.45, 7) is 8.27. The predicted octanol–water partition coefficient (Wildman–Crippen LogP) is 3.48. The van der Waals surface area contributed by atoms with Gasteiger partial charge in [-0.05, 0) is 35.3 Å². The quantitative estimate of drug-likeness (QED) is 0.593. The Labute approximate surface area is 125 Å². The lowest BCUT2D eigenvalue weighted by Gasteiger charge is -2.25. The molecule has 0 atom stereocenters. The monoisotopic (exact) mass is 291 g/mol. The third-order valence-corrected chi connectivity index (χ3v) is 3.16. The average molecular weight is 291 g/mol. The Kier molecular flexibility index (Phi) is 6.15. The molecule has 0 aromatic heterocycles. The van der Waals surface area contributed by atoms with Crippen molar-refractivity contribution in [1.29, 1.82) is 0 Å². The lowest BCUT2D eigenvalue weighted by Crippen LogP contribution is -2.28. The molecule has 0 N–H and O–H groups in total. The minimum Gasteiger partial charge on any atom is -0.468 e. The van der Waals surface area contributed by atoms with Crippen molar-refractivity contribution in [3.63, 3.8) is 0 Å². The van der Waals surface area contributed by atoms with Gasteiger partial charge in [0.1, 0.15) is 12.4 Å². The van der Waals surface area contributed by atoms with E-state index in [1.54, 1.807) is 12.1 Å². The van der Waals surface area contributed by atoms with Crippen LogP contribution in [-0.2, 0) is 9.53 Å². The van der Waals surface area contributed by atoms with Crippen LogP contribution in [0.3, 0.4) is 0 Å². The van der Waals surface area contributed by atoms with Gasteiger partial charge in [0.15, 0.2) is 0 Å². The fourth-order valence-electron chi connectivity index (χ4n) is 1.99. The number of hydrogen-bond acceptors (Lipinski definition) is 3. The number of carbonyl (C=O) groups excluding carboxylic acids is 1. The molecule has 21 heavy (non-hydrogen) atoms. The Morgan fingerprint density at radius 3 is 2.43 bits per heavy atom. The lowest BCUT2D eigenvalue weighted by atomic mass is 10.0. The molecule has 1 rings (SSSR count). The Morgan fingerprint density at radius 1 is 1.38 bits per heavy atom. The number of likely N-dealkylation sites (N-methyl/N-ethyl adjacent to an activating group) is 1. The zero-order valence-corrected chi connectivity index (χ0v) is 13.0. The molecule has 0 fully saturated rings. The molecule has 0 bridgehead atoms. The molecule has 114 valence electrons. The zero-order chi connectivity index (χ0) is 16.0. The van der Waals surface area contributed by atoms with E-state index in [1.807, 2.05) is 31.9 Å². The van der Waals surface area contributed by atoms with E-state index < -0.39 is 0 Å². The maximum absolute atomic E-state index is 12.9. The second-order valence-corrected chi connectivity index (χ2v) is 5.19. The highest BCUT2D eigenvalue weighted by Crippen LogP contribution is 2.21. The van der Waals surface area contributed by atoms with Gasteiger partial charge in [0.2, 0.25) is 0 Å². The molecular weight excluding hydrogens is 269 g/mol. The molecule has 0 saturated carbocycles. The average Bonchev–Trinajstić information content (AvgIpc) is 2.44. The highest BCUT2D eigenvalue weighted by molar-refractivity contribution is 5.74. The number of halogens is 1. The zero-order valence-electron chi connectivity index (χ0n) is 13.0. The molecule has 4 heteroatoms. The SMILES string of the molecule is C=C(/C=C(/C(C)C)N(C)CC(=O)OC)c1ccc(F)cc1. The molecule has 0 radical (unpaired) electrons. The van der Waals surface area contributed by atoms with E-state index in [-0.39, 0.29) is 24.2 Å². The molecule has 1 aromatic carbocycles. The van der Waals surface area contributed by atoms with E-state index in [0.29, 0.717) is 0 Å². The predicted molar refractivity (Wildman–Crippen MR) is 83.0 cm³/mol. The van der Waals surface area contributed by atoms with E-state index in [2.05, 4.69) is 11.3 Å². The van der Waals surface area contributed by atoms with Crippen LogP contribution in [0.25, 0.3) is 5.57 Å². The molecule has 1 aromatic rings. The van der Waals surface area contributed by atoms with E-state index in [9.17, 15) is 9.18 Å². The van der Waals surface area contributed by atoms with Gasteiger partial charge in [0.05, 0.1) is 7.11 Å². The second kappa shape index (κ2) is 7.62. The molecule has 0 unspecified atom stereocenters. The first-order chi connectivity index (χ1) is 9.85. The van der Waals surface area contributed by atoms with Gasteiger partial charge < -0.3 is 9.64 Å². The van der Waals surface area contributed by atoms with Crippen molar-refractivity contribution in [3.8, 4) is 0 Å². The Morgan fingerprint density at radius 2 is 1.95 bits per heavy atom. The van der Waals surface area contributed by atoms with Gasteiger partial charge in [-0.25, -0.2) is 4.39 Å². The summed E-state index contributed by atoms with van der Waals surface area (Å²) in [5.74, 6) is -0.351. The Bertz CT molecular complexity index is 532. The lowest BCUT2D eigenvalue weighted by molar-refractivity contribution is -0.141. The van der Waals surface area contributed by atoms with Crippen LogP contribution < -0.4 is 0 Å². The largest absolute Gasteiger partial charge is 0.468 e. The molecule has 0 spiro atoms. The summed E-state index contributed by atoms with van der Waals surface area (Å²) in [5.41, 5.74) is 2.59. The minimum absolute atomic E-state index is 0.178. The van der Waals surface area contributed by atoms with Gasteiger partial charge in [0, 0.05) is 12.7 Å². The van der Waals surface area contributed by atoms with E-state index in [0.717, 1.165) is 16.8 Å². The summed E-state index contributed by atoms with van der Waals surface area (Å²) in [5, 5.41) is 0. The smallest absolute Gasteiger partial charge is 0.325 e. The van der Waals surface area contributed by atoms with Crippen LogP contribution in [0.1, 0.15) is 19.4 Å². The minimum atomic E-state index is -0.295. The van der Waals surface area contributed by atoms with Crippen molar-refractivity contribution in [2.24, 2.45) is 5.92 Å². The van der Waals surface area contributed by atoms with Gasteiger partial charge in [0.25, 0.3) is 0 Å². The van der Waals surface area contributed by atoms with Crippen LogP contribution in [0.4, 0.5) is 4.39 Å². The standard InChI is InChI=1S/C17H22FNO2/c1-12(2)16(19(4)11-17(20)21-5)10-13(3)14-6-8-15(18)9-7-14/h6-10,12H,3,11H2,1-2,4-5H3/b16-10-. The van der Waals surface area contributed by atoms with Crippen molar-refractivity contribution < 1.29 is 13.9 Å². The van der Waals surface area contributed by atoms with Crippen LogP contribution >= 0.6 is 0 Å². The van der Waals surface area contributed by atoms with Crippen molar-refractivity contribution in [1.82, 2.24) is 4.90 Å². The van der Waals surface area contributed by atoms with Gasteiger partial charge >= 0.3 is 5.97 Å². The van der Waals surface area contributed by atoms with Gasteiger partial charge in [-0.3, -0.25) is 4.79 Å². The number of hydrogen-bond donors (Lipinski definition) is 0. The summed E-state index contributed by atoms with van der Waals surface area (Å²) >= 11 is 0. The fraction of sp³-hybridized carbons (Fsp3) is 0.353. The molecule has 0 saturated heterocycles. The first-order valence-electron chi connectivity index (χ1n) is 6.79. The molecule has 0 aliphatic carbocycles. The number of allylic oxidation sites excluding steroid dienone is 3. The van der Waals surface area contributed by atoms with E-state index in [1.165, 1.54) is 19.2 Å². The van der Waals surface area contributed by atoms with Gasteiger partial charge in [-0.2, -0.15) is 0 Å².